The number of aromatic carboxylic acids is 2. The van der Waals surface area contributed by atoms with Crippen molar-refractivity contribution >= 4 is 69.2 Å². The number of carboxylic acid groups (broad SMARTS) is 2. The minimum atomic E-state index is -1.03. The van der Waals surface area contributed by atoms with Gasteiger partial charge in [0.1, 0.15) is 40.0 Å². The Labute approximate surface area is 500 Å². The van der Waals surface area contributed by atoms with Gasteiger partial charge in [0.05, 0.1) is 34.5 Å². The molecule has 0 fully saturated rings. The third-order valence-corrected chi connectivity index (χ3v) is 14.3. The monoisotopic (exact) mass is 1220 g/mol. The summed E-state index contributed by atoms with van der Waals surface area (Å²) in [6.45, 7) is 17.2. The molecule has 8 heterocycles. The normalized spacial score (nSPS) is 12.3. The van der Waals surface area contributed by atoms with Crippen LogP contribution < -0.4 is 14.2 Å². The maximum atomic E-state index is 11.8. The van der Waals surface area contributed by atoms with Gasteiger partial charge in [0.2, 0.25) is 0 Å². The first-order valence-corrected chi connectivity index (χ1v) is 27.5. The Morgan fingerprint density at radius 3 is 1.31 bits per heavy atom. The second kappa shape index (κ2) is 27.4. The molecule has 3 aromatic carbocycles. The predicted octanol–water partition coefficient (Wildman–Crippen LogP) is 12.8. The molecule has 0 amide bonds. The SMILES string of the molecule is CCOC(=O)c1cn2cc(-c3cc(C)c(OC)c(C)c3)ccc2n1.CCOC(=O)c1cn2cc(Br)ccc2n1.COc1c(C)cc(-c2ccc3nc(C(=O)O)cn3c2)cc1C.COc1c(C)cc(C2CCc3nc(C(=O)O)cn3C2)cc1C.Cl. The lowest BCUT2D eigenvalue weighted by Crippen LogP contribution is -2.18. The van der Waals surface area contributed by atoms with Gasteiger partial charge in [-0.25, -0.2) is 39.1 Å². The lowest BCUT2D eigenvalue weighted by molar-refractivity contribution is 0.0511. The van der Waals surface area contributed by atoms with Gasteiger partial charge in [-0.15, -0.1) is 12.4 Å². The van der Waals surface area contributed by atoms with Gasteiger partial charge in [0.15, 0.2) is 22.8 Å². The van der Waals surface area contributed by atoms with E-state index in [0.29, 0.717) is 41.8 Å². The van der Waals surface area contributed by atoms with Gasteiger partial charge in [-0.2, -0.15) is 0 Å². The number of esters is 2. The summed E-state index contributed by atoms with van der Waals surface area (Å²) >= 11 is 3.34. The highest BCUT2D eigenvalue weighted by atomic mass is 79.9. The predicted molar refractivity (Wildman–Crippen MR) is 325 cm³/mol. The number of carbonyl (C=O) groups excluding carboxylic acids is 2. The number of carbonyl (C=O) groups is 4. The molecule has 1 aliphatic rings. The molecule has 0 spiro atoms. The molecule has 0 saturated carbocycles. The van der Waals surface area contributed by atoms with Crippen molar-refractivity contribution in [2.24, 2.45) is 0 Å². The van der Waals surface area contributed by atoms with Gasteiger partial charge in [0.25, 0.3) is 0 Å². The molecule has 10 aromatic rings. The summed E-state index contributed by atoms with van der Waals surface area (Å²) < 4.78 is 34.4. The first-order valence-electron chi connectivity index (χ1n) is 26.7. The first-order chi connectivity index (χ1) is 39.7. The van der Waals surface area contributed by atoms with Crippen LogP contribution in [0, 0.1) is 41.5 Å². The fourth-order valence-corrected chi connectivity index (χ4v) is 10.6. The minimum absolute atomic E-state index is 0. The lowest BCUT2D eigenvalue weighted by Gasteiger charge is -2.25. The molecule has 1 atom stereocenters. The van der Waals surface area contributed by atoms with Gasteiger partial charge in [0, 0.05) is 66.7 Å². The molecule has 1 unspecified atom stereocenters. The van der Waals surface area contributed by atoms with E-state index < -0.39 is 23.9 Å². The van der Waals surface area contributed by atoms with Crippen molar-refractivity contribution in [2.75, 3.05) is 34.5 Å². The summed E-state index contributed by atoms with van der Waals surface area (Å²) in [5.41, 5.74) is 14.9. The van der Waals surface area contributed by atoms with E-state index in [1.54, 1.807) is 62.6 Å². The van der Waals surface area contributed by atoms with Crippen LogP contribution >= 0.6 is 28.3 Å². The van der Waals surface area contributed by atoms with E-state index in [0.717, 1.165) is 108 Å². The second-order valence-corrected chi connectivity index (χ2v) is 20.7. The number of imidazole rings is 4. The number of hydrogen-bond donors (Lipinski definition) is 2. The third-order valence-electron chi connectivity index (χ3n) is 13.9. The Bertz CT molecular complexity index is 4000. The zero-order chi connectivity index (χ0) is 59.8. The highest BCUT2D eigenvalue weighted by molar-refractivity contribution is 9.10. The van der Waals surface area contributed by atoms with Crippen molar-refractivity contribution in [1.29, 1.82) is 0 Å². The largest absolute Gasteiger partial charge is 0.496 e. The third kappa shape index (κ3) is 14.2. The van der Waals surface area contributed by atoms with Gasteiger partial charge >= 0.3 is 23.9 Å². The molecule has 0 radical (unpaired) electrons. The minimum Gasteiger partial charge on any atom is -0.496 e. The van der Waals surface area contributed by atoms with Crippen LogP contribution in [0.15, 0.2) is 121 Å². The Hall–Kier alpha value is -9.01. The number of ether oxygens (including phenoxy) is 5. The summed E-state index contributed by atoms with van der Waals surface area (Å²) in [7, 11) is 5.05. The van der Waals surface area contributed by atoms with Crippen LogP contribution in [0.1, 0.15) is 113 Å². The Morgan fingerprint density at radius 2 is 0.893 bits per heavy atom. The van der Waals surface area contributed by atoms with Crippen LogP contribution in [-0.2, 0) is 22.4 Å². The number of halogens is 2. The van der Waals surface area contributed by atoms with E-state index in [2.05, 4.69) is 86.1 Å². The number of carboxylic acids is 2. The molecule has 0 saturated heterocycles. The topological polar surface area (TPSA) is 225 Å². The maximum absolute atomic E-state index is 11.8. The van der Waals surface area contributed by atoms with E-state index in [1.807, 2.05) is 91.7 Å². The van der Waals surface area contributed by atoms with E-state index in [1.165, 1.54) is 11.8 Å². The number of hydrogen-bond acceptors (Lipinski definition) is 13. The van der Waals surface area contributed by atoms with E-state index in [9.17, 15) is 19.2 Å². The molecule has 11 rings (SSSR count). The number of aryl methyl sites for hydroxylation is 7. The fraction of sp³-hybridized carbons (Fsp3) is 0.270. The highest BCUT2D eigenvalue weighted by Crippen LogP contribution is 2.35. The Morgan fingerprint density at radius 1 is 0.512 bits per heavy atom. The number of benzene rings is 3. The number of aromatic nitrogens is 8. The van der Waals surface area contributed by atoms with Crippen molar-refractivity contribution in [3.63, 3.8) is 0 Å². The van der Waals surface area contributed by atoms with Crippen LogP contribution in [-0.4, -0.2) is 106 Å². The molecular formula is C63H66BrClN8O11. The van der Waals surface area contributed by atoms with Crippen LogP contribution in [0.2, 0.25) is 0 Å². The van der Waals surface area contributed by atoms with Crippen LogP contribution in [0.3, 0.4) is 0 Å². The van der Waals surface area contributed by atoms with Crippen LogP contribution in [0.4, 0.5) is 0 Å². The molecule has 438 valence electrons. The number of rotatable bonds is 12. The van der Waals surface area contributed by atoms with E-state index in [-0.39, 0.29) is 23.8 Å². The van der Waals surface area contributed by atoms with Crippen molar-refractivity contribution in [1.82, 2.24) is 37.7 Å². The van der Waals surface area contributed by atoms with Crippen molar-refractivity contribution in [2.45, 2.75) is 80.7 Å². The smallest absolute Gasteiger partial charge is 0.358 e. The van der Waals surface area contributed by atoms with E-state index >= 15 is 0 Å². The summed E-state index contributed by atoms with van der Waals surface area (Å²) in [5.74, 6) is 1.21. The summed E-state index contributed by atoms with van der Waals surface area (Å²) in [4.78, 5) is 61.9. The van der Waals surface area contributed by atoms with Crippen molar-refractivity contribution < 1.29 is 53.1 Å². The lowest BCUT2D eigenvalue weighted by atomic mass is 9.89. The van der Waals surface area contributed by atoms with Crippen molar-refractivity contribution in [3.05, 3.63) is 188 Å². The number of fused-ring (bicyclic) bond motifs is 4. The summed E-state index contributed by atoms with van der Waals surface area (Å²) in [6, 6.07) is 24.0. The molecule has 0 aliphatic carbocycles. The number of pyridine rings is 3. The Balaban J connectivity index is 0.000000162. The average Bonchev–Trinajstić information content (AvgIpc) is 3.93. The first kappa shape index (κ1) is 62.6. The van der Waals surface area contributed by atoms with Crippen LogP contribution in [0.5, 0.6) is 17.2 Å². The molecule has 84 heavy (non-hydrogen) atoms. The zero-order valence-electron chi connectivity index (χ0n) is 48.5. The standard InChI is InChI=1S/C19H20N2O3.C17H20N2O3.C17H16N2O3.C10H9BrN2O2.ClH/c1-5-24-19(22)16-11-21-10-14(6-7-17(21)20-16)15-8-12(2)18(23-4)13(3)9-15;2*1-10-6-13(7-11(2)16(10)22-3)12-4-5-15-18-14(17(20)21)9-19(15)8-12;1-2-15-10(14)8-6-13-5-7(11)3-4-9(13)12-8;/h6-11H,5H2,1-4H3;6-7,9,12H,4-5,8H2,1-3H3,(H,20,21);4-9H,1-3H3,(H,20,21);3-6H,2H2,1H3;1H. The molecule has 7 aromatic heterocycles. The quantitative estimate of drug-likeness (QED) is 0.109. The summed E-state index contributed by atoms with van der Waals surface area (Å²) in [6.07, 6.45) is 14.0. The fourth-order valence-electron chi connectivity index (χ4n) is 10.2. The number of nitrogens with zero attached hydrogens (tertiary/aromatic N) is 8. The molecule has 1 aliphatic heterocycles. The second-order valence-electron chi connectivity index (χ2n) is 19.8. The Kier molecular flexibility index (Phi) is 20.4. The van der Waals surface area contributed by atoms with Crippen LogP contribution in [0.25, 0.3) is 39.2 Å². The van der Waals surface area contributed by atoms with Gasteiger partial charge in [-0.3, -0.25) is 0 Å². The highest BCUT2D eigenvalue weighted by Gasteiger charge is 2.25. The van der Waals surface area contributed by atoms with Gasteiger partial charge in [-0.05, 0) is 200 Å². The van der Waals surface area contributed by atoms with E-state index in [4.69, 9.17) is 33.9 Å². The average molecular weight is 1230 g/mol. The maximum Gasteiger partial charge on any atom is 0.358 e. The molecular weight excluding hydrogens is 1160 g/mol. The molecule has 21 heteroatoms. The molecule has 2 N–H and O–H groups in total. The van der Waals surface area contributed by atoms with Gasteiger partial charge < -0.3 is 51.7 Å². The van der Waals surface area contributed by atoms with Gasteiger partial charge in [-0.1, -0.05) is 12.1 Å². The molecule has 19 nitrogen and oxygen atoms in total. The van der Waals surface area contributed by atoms with Crippen molar-refractivity contribution in [3.8, 4) is 39.5 Å². The molecule has 0 bridgehead atoms. The number of methoxy groups -OCH3 is 3. The zero-order valence-corrected chi connectivity index (χ0v) is 50.9. The summed E-state index contributed by atoms with van der Waals surface area (Å²) in [5, 5.41) is 18.1.